The summed E-state index contributed by atoms with van der Waals surface area (Å²) in [6.07, 6.45) is 9.83. The lowest BCUT2D eigenvalue weighted by Crippen LogP contribution is -2.30. The lowest BCUT2D eigenvalue weighted by molar-refractivity contribution is 0.455. The highest BCUT2D eigenvalue weighted by atomic mass is 14.9. The topological polar surface area (TPSA) is 40.7 Å². The number of unbranched alkanes of at least 4 members (excludes halogenated alkanes) is 1. The van der Waals surface area contributed by atoms with E-state index in [0.717, 1.165) is 13.0 Å². The molecular weight excluding hydrogens is 186 g/mol. The lowest BCUT2D eigenvalue weighted by Gasteiger charge is -2.15. The zero-order chi connectivity index (χ0) is 10.9. The van der Waals surface area contributed by atoms with Crippen molar-refractivity contribution in [2.45, 2.75) is 52.0 Å². The van der Waals surface area contributed by atoms with Gasteiger partial charge >= 0.3 is 0 Å². The Kier molecular flexibility index (Phi) is 6.09. The van der Waals surface area contributed by atoms with Crippen LogP contribution in [0.4, 0.5) is 0 Å². The third-order valence-corrected chi connectivity index (χ3v) is 2.78. The molecule has 0 fully saturated rings. The van der Waals surface area contributed by atoms with Crippen LogP contribution < -0.4 is 5.32 Å². The SMILES string of the molecule is CCCCC(CC)NCCc1cnc[nH]1. The van der Waals surface area contributed by atoms with E-state index in [4.69, 9.17) is 0 Å². The number of imidazole rings is 1. The van der Waals surface area contributed by atoms with E-state index in [1.807, 2.05) is 6.20 Å². The Morgan fingerprint density at radius 3 is 2.93 bits per heavy atom. The first kappa shape index (κ1) is 12.2. The van der Waals surface area contributed by atoms with Gasteiger partial charge in [0.05, 0.1) is 6.33 Å². The molecule has 0 bridgehead atoms. The van der Waals surface area contributed by atoms with Crippen molar-refractivity contribution in [2.75, 3.05) is 6.54 Å². The second-order valence-corrected chi connectivity index (χ2v) is 4.03. The average Bonchev–Trinajstić information content (AvgIpc) is 2.76. The van der Waals surface area contributed by atoms with E-state index < -0.39 is 0 Å². The molecule has 0 aromatic carbocycles. The second-order valence-electron chi connectivity index (χ2n) is 4.03. The average molecular weight is 209 g/mol. The van der Waals surface area contributed by atoms with Crippen LogP contribution in [-0.4, -0.2) is 22.6 Å². The van der Waals surface area contributed by atoms with Crippen LogP contribution in [0.25, 0.3) is 0 Å². The molecule has 1 heterocycles. The molecule has 0 aliphatic rings. The Balaban J connectivity index is 2.11. The van der Waals surface area contributed by atoms with Crippen LogP contribution in [0, 0.1) is 0 Å². The van der Waals surface area contributed by atoms with Crippen molar-refractivity contribution < 1.29 is 0 Å². The summed E-state index contributed by atoms with van der Waals surface area (Å²) in [5, 5.41) is 3.59. The highest BCUT2D eigenvalue weighted by Gasteiger charge is 2.04. The van der Waals surface area contributed by atoms with Gasteiger partial charge in [-0.05, 0) is 12.8 Å². The highest BCUT2D eigenvalue weighted by Crippen LogP contribution is 2.04. The number of H-pyrrole nitrogens is 1. The van der Waals surface area contributed by atoms with Gasteiger partial charge in [-0.2, -0.15) is 0 Å². The molecule has 3 nitrogen and oxygen atoms in total. The molecule has 1 atom stereocenters. The molecule has 1 aromatic rings. The monoisotopic (exact) mass is 209 g/mol. The summed E-state index contributed by atoms with van der Waals surface area (Å²) in [7, 11) is 0. The minimum atomic E-state index is 0.688. The van der Waals surface area contributed by atoms with Crippen LogP contribution in [0.3, 0.4) is 0 Å². The van der Waals surface area contributed by atoms with Crippen molar-refractivity contribution in [3.8, 4) is 0 Å². The number of aromatic amines is 1. The smallest absolute Gasteiger partial charge is 0.0921 e. The van der Waals surface area contributed by atoms with Gasteiger partial charge in [0, 0.05) is 30.9 Å². The van der Waals surface area contributed by atoms with Crippen LogP contribution in [0.5, 0.6) is 0 Å². The number of aromatic nitrogens is 2. The molecule has 0 saturated heterocycles. The lowest BCUT2D eigenvalue weighted by atomic mass is 10.1. The molecular formula is C12H23N3. The summed E-state index contributed by atoms with van der Waals surface area (Å²) in [5.41, 5.74) is 1.22. The standard InChI is InChI=1S/C12H23N3/c1-3-5-6-11(4-2)14-8-7-12-9-13-10-15-12/h9-11,14H,3-8H2,1-2H3,(H,13,15). The second kappa shape index (κ2) is 7.46. The number of nitrogens with one attached hydrogen (secondary N) is 2. The summed E-state index contributed by atoms with van der Waals surface area (Å²) >= 11 is 0. The summed E-state index contributed by atoms with van der Waals surface area (Å²) in [4.78, 5) is 7.13. The van der Waals surface area contributed by atoms with Gasteiger partial charge in [0.25, 0.3) is 0 Å². The van der Waals surface area contributed by atoms with Crippen molar-refractivity contribution in [3.63, 3.8) is 0 Å². The van der Waals surface area contributed by atoms with Gasteiger partial charge in [-0.3, -0.25) is 0 Å². The van der Waals surface area contributed by atoms with Gasteiger partial charge in [-0.25, -0.2) is 4.98 Å². The van der Waals surface area contributed by atoms with Crippen LogP contribution in [0.1, 0.15) is 45.2 Å². The predicted molar refractivity (Wildman–Crippen MR) is 63.9 cm³/mol. The van der Waals surface area contributed by atoms with Crippen LogP contribution >= 0.6 is 0 Å². The fraction of sp³-hybridized carbons (Fsp3) is 0.750. The van der Waals surface area contributed by atoms with Crippen molar-refractivity contribution >= 4 is 0 Å². The predicted octanol–water partition coefficient (Wildman–Crippen LogP) is 2.51. The molecule has 1 rings (SSSR count). The fourth-order valence-corrected chi connectivity index (χ4v) is 1.73. The summed E-state index contributed by atoms with van der Waals surface area (Å²) in [6, 6.07) is 0.688. The molecule has 15 heavy (non-hydrogen) atoms. The van der Waals surface area contributed by atoms with E-state index in [1.54, 1.807) is 6.33 Å². The molecule has 0 radical (unpaired) electrons. The van der Waals surface area contributed by atoms with Crippen molar-refractivity contribution in [3.05, 3.63) is 18.2 Å². The Morgan fingerprint density at radius 2 is 2.33 bits per heavy atom. The number of hydrogen-bond acceptors (Lipinski definition) is 2. The van der Waals surface area contributed by atoms with Crippen molar-refractivity contribution in [1.29, 1.82) is 0 Å². The molecule has 0 amide bonds. The minimum absolute atomic E-state index is 0.688. The van der Waals surface area contributed by atoms with Crippen molar-refractivity contribution in [1.82, 2.24) is 15.3 Å². The molecule has 0 aliphatic heterocycles. The first-order valence-corrected chi connectivity index (χ1v) is 6.07. The first-order chi connectivity index (χ1) is 7.36. The molecule has 0 spiro atoms. The van der Waals surface area contributed by atoms with E-state index in [9.17, 15) is 0 Å². The highest BCUT2D eigenvalue weighted by molar-refractivity contribution is 4.94. The Hall–Kier alpha value is -0.830. The van der Waals surface area contributed by atoms with Gasteiger partial charge in [0.15, 0.2) is 0 Å². The Labute approximate surface area is 92.7 Å². The minimum Gasteiger partial charge on any atom is -0.348 e. The third-order valence-electron chi connectivity index (χ3n) is 2.78. The van der Waals surface area contributed by atoms with Crippen LogP contribution in [0.2, 0.25) is 0 Å². The maximum Gasteiger partial charge on any atom is 0.0921 e. The first-order valence-electron chi connectivity index (χ1n) is 6.07. The molecule has 86 valence electrons. The zero-order valence-electron chi connectivity index (χ0n) is 9.92. The Morgan fingerprint density at radius 1 is 1.47 bits per heavy atom. The van der Waals surface area contributed by atoms with Gasteiger partial charge in [0.2, 0.25) is 0 Å². The third kappa shape index (κ3) is 4.98. The van der Waals surface area contributed by atoms with Crippen LogP contribution in [0.15, 0.2) is 12.5 Å². The van der Waals surface area contributed by atoms with Crippen LogP contribution in [-0.2, 0) is 6.42 Å². The van der Waals surface area contributed by atoms with E-state index >= 15 is 0 Å². The van der Waals surface area contributed by atoms with Gasteiger partial charge in [-0.15, -0.1) is 0 Å². The Bertz CT molecular complexity index is 231. The number of nitrogens with zero attached hydrogens (tertiary/aromatic N) is 1. The molecule has 1 aromatic heterocycles. The zero-order valence-corrected chi connectivity index (χ0v) is 9.92. The van der Waals surface area contributed by atoms with E-state index in [0.29, 0.717) is 6.04 Å². The van der Waals surface area contributed by atoms with E-state index in [1.165, 1.54) is 31.4 Å². The molecule has 0 saturated carbocycles. The van der Waals surface area contributed by atoms with E-state index in [-0.39, 0.29) is 0 Å². The van der Waals surface area contributed by atoms with Gasteiger partial charge in [0.1, 0.15) is 0 Å². The summed E-state index contributed by atoms with van der Waals surface area (Å²) in [5.74, 6) is 0. The maximum absolute atomic E-state index is 4.01. The molecule has 2 N–H and O–H groups in total. The maximum atomic E-state index is 4.01. The molecule has 1 unspecified atom stereocenters. The summed E-state index contributed by atoms with van der Waals surface area (Å²) < 4.78 is 0. The van der Waals surface area contributed by atoms with Crippen molar-refractivity contribution in [2.24, 2.45) is 0 Å². The quantitative estimate of drug-likeness (QED) is 0.690. The van der Waals surface area contributed by atoms with Gasteiger partial charge < -0.3 is 10.3 Å². The molecule has 0 aliphatic carbocycles. The largest absolute Gasteiger partial charge is 0.348 e. The number of rotatable bonds is 8. The number of hydrogen-bond donors (Lipinski definition) is 2. The van der Waals surface area contributed by atoms with Gasteiger partial charge in [-0.1, -0.05) is 26.7 Å². The normalized spacial score (nSPS) is 12.9. The summed E-state index contributed by atoms with van der Waals surface area (Å²) in [6.45, 7) is 5.55. The van der Waals surface area contributed by atoms with E-state index in [2.05, 4.69) is 29.1 Å². The fourth-order valence-electron chi connectivity index (χ4n) is 1.73. The molecule has 3 heteroatoms.